The SMILES string of the molecule is COC(=O)C([I-]c1ccccc1)n1sc2ccccc2c1=O. The number of methoxy groups -OCH3 is 1. The molecule has 3 rings (SSSR count). The Hall–Kier alpha value is -1.67. The molecule has 0 aliphatic heterocycles. The molecule has 6 heteroatoms. The van der Waals surface area contributed by atoms with Crippen molar-refractivity contribution in [2.75, 3.05) is 7.11 Å². The summed E-state index contributed by atoms with van der Waals surface area (Å²) in [6.07, 6.45) is 0. The van der Waals surface area contributed by atoms with Crippen molar-refractivity contribution in [3.05, 3.63) is 68.5 Å². The molecule has 0 aliphatic carbocycles. The number of nitrogens with zero attached hydrogens (tertiary/aromatic N) is 1. The van der Waals surface area contributed by atoms with E-state index >= 15 is 0 Å². The van der Waals surface area contributed by atoms with Gasteiger partial charge in [0.1, 0.15) is 0 Å². The number of alkyl halides is 1. The van der Waals surface area contributed by atoms with Gasteiger partial charge in [-0.15, -0.1) is 0 Å². The first-order valence-electron chi connectivity index (χ1n) is 6.57. The van der Waals surface area contributed by atoms with Gasteiger partial charge in [0.2, 0.25) is 0 Å². The first-order chi connectivity index (χ1) is 10.7. The Bertz CT molecular complexity index is 856. The van der Waals surface area contributed by atoms with Gasteiger partial charge in [0.05, 0.1) is 0 Å². The third kappa shape index (κ3) is 2.93. The van der Waals surface area contributed by atoms with Gasteiger partial charge in [-0.2, -0.15) is 0 Å². The molecular formula is C16H13INO3S-. The molecule has 0 aliphatic rings. The zero-order valence-electron chi connectivity index (χ0n) is 11.7. The molecule has 1 unspecified atom stereocenters. The van der Waals surface area contributed by atoms with E-state index in [1.54, 1.807) is 10.0 Å². The molecule has 0 saturated heterocycles. The molecule has 4 nitrogen and oxygen atoms in total. The number of hydrogen-bond acceptors (Lipinski definition) is 4. The Kier molecular flexibility index (Phi) is 4.58. The number of aromatic nitrogens is 1. The second-order valence-electron chi connectivity index (χ2n) is 4.48. The fraction of sp³-hybridized carbons (Fsp3) is 0.125. The topological polar surface area (TPSA) is 48.3 Å². The van der Waals surface area contributed by atoms with Crippen LogP contribution in [0.3, 0.4) is 0 Å². The molecule has 1 atom stereocenters. The summed E-state index contributed by atoms with van der Waals surface area (Å²) >= 11 is 0.606. The number of carbonyl (C=O) groups excluding carboxylic acids is 1. The van der Waals surface area contributed by atoms with Gasteiger partial charge >= 0.3 is 142 Å². The summed E-state index contributed by atoms with van der Waals surface area (Å²) in [5, 5.41) is 0.651. The fourth-order valence-electron chi connectivity index (χ4n) is 2.03. The molecule has 1 aromatic heterocycles. The van der Waals surface area contributed by atoms with Gasteiger partial charge < -0.3 is 0 Å². The average molecular weight is 426 g/mol. The number of rotatable bonds is 4. The quantitative estimate of drug-likeness (QED) is 0.327. The van der Waals surface area contributed by atoms with Crippen LogP contribution >= 0.6 is 11.5 Å². The van der Waals surface area contributed by atoms with Crippen molar-refractivity contribution >= 4 is 27.6 Å². The van der Waals surface area contributed by atoms with E-state index in [4.69, 9.17) is 4.74 Å². The first kappa shape index (κ1) is 15.2. The fourth-order valence-corrected chi connectivity index (χ4v) is 6.13. The van der Waals surface area contributed by atoms with E-state index in [0.29, 0.717) is 5.39 Å². The van der Waals surface area contributed by atoms with Crippen LogP contribution in [-0.2, 0) is 9.53 Å². The third-order valence-electron chi connectivity index (χ3n) is 3.08. The van der Waals surface area contributed by atoms with Gasteiger partial charge in [0.25, 0.3) is 0 Å². The maximum absolute atomic E-state index is 12.6. The van der Waals surface area contributed by atoms with Crippen molar-refractivity contribution in [3.63, 3.8) is 0 Å². The molecule has 0 radical (unpaired) electrons. The molecule has 0 fully saturated rings. The standard InChI is InChI=1S/C16H13INO3S/c1-21-16(20)14(17-11-7-3-2-4-8-11)18-15(19)12-9-5-6-10-13(12)22-18/h2-10,14H,1H3/q-1. The second kappa shape index (κ2) is 6.62. The van der Waals surface area contributed by atoms with Crippen molar-refractivity contribution in [1.29, 1.82) is 0 Å². The van der Waals surface area contributed by atoms with Gasteiger partial charge in [0.15, 0.2) is 0 Å². The van der Waals surface area contributed by atoms with E-state index in [0.717, 1.165) is 8.27 Å². The Morgan fingerprint density at radius 2 is 1.82 bits per heavy atom. The zero-order chi connectivity index (χ0) is 15.5. The van der Waals surface area contributed by atoms with Crippen LogP contribution in [0.4, 0.5) is 0 Å². The number of fused-ring (bicyclic) bond motifs is 1. The van der Waals surface area contributed by atoms with Crippen LogP contribution in [0.2, 0.25) is 0 Å². The summed E-state index contributed by atoms with van der Waals surface area (Å²) in [6, 6.07) is 17.2. The van der Waals surface area contributed by atoms with Gasteiger partial charge in [-0.25, -0.2) is 0 Å². The van der Waals surface area contributed by atoms with E-state index in [2.05, 4.69) is 0 Å². The first-order valence-corrected chi connectivity index (χ1v) is 9.67. The molecule has 22 heavy (non-hydrogen) atoms. The summed E-state index contributed by atoms with van der Waals surface area (Å²) in [5.41, 5.74) is -0.119. The predicted molar refractivity (Wildman–Crippen MR) is 82.3 cm³/mol. The molecule has 0 amide bonds. The number of carbonyl (C=O) groups is 1. The normalized spacial score (nSPS) is 12.4. The molecule has 2 aromatic carbocycles. The number of hydrogen-bond donors (Lipinski definition) is 0. The molecule has 0 spiro atoms. The van der Waals surface area contributed by atoms with Gasteiger partial charge in [-0.1, -0.05) is 0 Å². The minimum absolute atomic E-state index is 0.119. The second-order valence-corrected chi connectivity index (χ2v) is 8.55. The molecule has 3 aromatic rings. The zero-order valence-corrected chi connectivity index (χ0v) is 14.7. The summed E-state index contributed by atoms with van der Waals surface area (Å²) in [7, 11) is 1.36. The molecule has 0 bridgehead atoms. The monoisotopic (exact) mass is 426 g/mol. The van der Waals surface area contributed by atoms with E-state index in [1.807, 2.05) is 48.5 Å². The van der Waals surface area contributed by atoms with Crippen LogP contribution in [0.15, 0.2) is 59.4 Å². The summed E-state index contributed by atoms with van der Waals surface area (Å²) in [4.78, 5) is 24.8. The predicted octanol–water partition coefficient (Wildman–Crippen LogP) is -0.307. The Morgan fingerprint density at radius 1 is 1.14 bits per heavy atom. The molecule has 1 heterocycles. The van der Waals surface area contributed by atoms with Crippen LogP contribution in [0.5, 0.6) is 0 Å². The van der Waals surface area contributed by atoms with Crippen LogP contribution in [-0.4, -0.2) is 17.0 Å². The minimum atomic E-state index is -0.720. The molecular weight excluding hydrogens is 413 g/mol. The van der Waals surface area contributed by atoms with Crippen molar-refractivity contribution in [2.45, 2.75) is 4.05 Å². The summed E-state index contributed by atoms with van der Waals surface area (Å²) < 4.78 is 7.95. The van der Waals surface area contributed by atoms with Crippen LogP contribution in [0.1, 0.15) is 4.05 Å². The Labute approximate surface area is 141 Å². The number of halogens is 1. The van der Waals surface area contributed by atoms with Gasteiger partial charge in [0, 0.05) is 0 Å². The number of benzene rings is 2. The van der Waals surface area contributed by atoms with Crippen LogP contribution < -0.4 is 26.8 Å². The maximum atomic E-state index is 12.6. The summed E-state index contributed by atoms with van der Waals surface area (Å²) in [6.45, 7) is 0. The number of ether oxygens (including phenoxy) is 1. The third-order valence-corrected chi connectivity index (χ3v) is 7.68. The van der Waals surface area contributed by atoms with E-state index in [-0.39, 0.29) is 11.5 Å². The molecule has 0 N–H and O–H groups in total. The van der Waals surface area contributed by atoms with Gasteiger partial charge in [-0.05, 0) is 0 Å². The van der Waals surface area contributed by atoms with Crippen molar-refractivity contribution in [2.24, 2.45) is 0 Å². The van der Waals surface area contributed by atoms with E-state index in [9.17, 15) is 9.59 Å². The average Bonchev–Trinajstić information content (AvgIpc) is 2.90. The van der Waals surface area contributed by atoms with E-state index in [1.165, 1.54) is 18.6 Å². The number of esters is 1. The molecule has 0 saturated carbocycles. The van der Waals surface area contributed by atoms with Crippen molar-refractivity contribution in [3.8, 4) is 0 Å². The Balaban J connectivity index is 2.06. The van der Waals surface area contributed by atoms with Crippen LogP contribution in [0.25, 0.3) is 10.1 Å². The van der Waals surface area contributed by atoms with Gasteiger partial charge in [-0.3, -0.25) is 0 Å². The van der Waals surface area contributed by atoms with E-state index < -0.39 is 25.3 Å². The molecule has 114 valence electrons. The Morgan fingerprint density at radius 3 is 2.50 bits per heavy atom. The van der Waals surface area contributed by atoms with Crippen LogP contribution in [0, 0.1) is 3.57 Å². The van der Waals surface area contributed by atoms with Crippen molar-refractivity contribution in [1.82, 2.24) is 3.96 Å². The van der Waals surface area contributed by atoms with Crippen molar-refractivity contribution < 1.29 is 30.7 Å². The summed E-state index contributed by atoms with van der Waals surface area (Å²) in [5.74, 6) is -0.356.